The Kier molecular flexibility index (Phi) is 4.49. The molecule has 2 nitrogen and oxygen atoms in total. The number of rotatable bonds is 2. The van der Waals surface area contributed by atoms with E-state index in [0.717, 1.165) is 6.54 Å². The number of hydrogen-bond acceptors (Lipinski definition) is 2. The van der Waals surface area contributed by atoms with Gasteiger partial charge in [0.1, 0.15) is 0 Å². The van der Waals surface area contributed by atoms with E-state index in [-0.39, 0.29) is 0 Å². The fourth-order valence-corrected chi connectivity index (χ4v) is 4.24. The second kappa shape index (κ2) is 6.17. The van der Waals surface area contributed by atoms with Crippen molar-refractivity contribution in [2.24, 2.45) is 0 Å². The highest BCUT2D eigenvalue weighted by Gasteiger charge is 2.37. The first-order valence-electron chi connectivity index (χ1n) is 7.90. The van der Waals surface area contributed by atoms with Gasteiger partial charge in [-0.2, -0.15) is 0 Å². The molecule has 2 fully saturated rings. The standard InChI is InChI=1S/C17H25BrN2/c1-14-7-10-19-17(8-2-3-9-17)13-20(14)12-15-5-4-6-16(18)11-15/h4-6,11,14,19H,2-3,7-10,12-13H2,1H3. The summed E-state index contributed by atoms with van der Waals surface area (Å²) < 4.78 is 1.19. The Bertz CT molecular complexity index is 454. The van der Waals surface area contributed by atoms with E-state index in [9.17, 15) is 0 Å². The Morgan fingerprint density at radius 1 is 1.35 bits per heavy atom. The van der Waals surface area contributed by atoms with Gasteiger partial charge in [-0.25, -0.2) is 0 Å². The maximum absolute atomic E-state index is 3.86. The molecule has 3 heteroatoms. The molecule has 0 aromatic heterocycles. The van der Waals surface area contributed by atoms with Crippen molar-refractivity contribution in [1.29, 1.82) is 0 Å². The van der Waals surface area contributed by atoms with E-state index < -0.39 is 0 Å². The van der Waals surface area contributed by atoms with Crippen molar-refractivity contribution in [3.8, 4) is 0 Å². The fraction of sp³-hybridized carbons (Fsp3) is 0.647. The topological polar surface area (TPSA) is 15.3 Å². The van der Waals surface area contributed by atoms with Gasteiger partial charge in [-0.1, -0.05) is 40.9 Å². The van der Waals surface area contributed by atoms with Crippen molar-refractivity contribution < 1.29 is 0 Å². The van der Waals surface area contributed by atoms with Crippen LogP contribution in [0, 0.1) is 0 Å². The van der Waals surface area contributed by atoms with E-state index in [4.69, 9.17) is 0 Å². The van der Waals surface area contributed by atoms with Crippen molar-refractivity contribution in [2.45, 2.75) is 57.2 Å². The lowest BCUT2D eigenvalue weighted by Crippen LogP contribution is -2.49. The molecule has 1 spiro atoms. The summed E-state index contributed by atoms with van der Waals surface area (Å²) in [6, 6.07) is 9.42. The van der Waals surface area contributed by atoms with Crippen molar-refractivity contribution in [3.05, 3.63) is 34.3 Å². The number of benzene rings is 1. The molecule has 3 rings (SSSR count). The van der Waals surface area contributed by atoms with E-state index in [0.29, 0.717) is 11.6 Å². The van der Waals surface area contributed by atoms with Crippen LogP contribution in [0.4, 0.5) is 0 Å². The van der Waals surface area contributed by atoms with Crippen LogP contribution in [0.5, 0.6) is 0 Å². The van der Waals surface area contributed by atoms with Crippen LogP contribution >= 0.6 is 15.9 Å². The van der Waals surface area contributed by atoms with E-state index in [2.05, 4.69) is 57.3 Å². The van der Waals surface area contributed by atoms with Crippen LogP contribution < -0.4 is 5.32 Å². The van der Waals surface area contributed by atoms with Crippen molar-refractivity contribution in [2.75, 3.05) is 13.1 Å². The molecule has 1 saturated heterocycles. The molecule has 110 valence electrons. The number of nitrogens with zero attached hydrogens (tertiary/aromatic N) is 1. The van der Waals surface area contributed by atoms with Crippen LogP contribution in [0.1, 0.15) is 44.6 Å². The summed E-state index contributed by atoms with van der Waals surface area (Å²) in [4.78, 5) is 2.69. The lowest BCUT2D eigenvalue weighted by atomic mass is 9.96. The average Bonchev–Trinajstić information content (AvgIpc) is 2.80. The fourth-order valence-electron chi connectivity index (χ4n) is 3.80. The first-order valence-corrected chi connectivity index (χ1v) is 8.70. The smallest absolute Gasteiger partial charge is 0.0309 e. The summed E-state index contributed by atoms with van der Waals surface area (Å²) in [5, 5.41) is 3.86. The highest BCUT2D eigenvalue weighted by molar-refractivity contribution is 9.10. The van der Waals surface area contributed by atoms with Crippen LogP contribution in [0.25, 0.3) is 0 Å². The minimum atomic E-state index is 0.400. The zero-order chi connectivity index (χ0) is 14.0. The maximum Gasteiger partial charge on any atom is 0.0309 e. The second-order valence-electron chi connectivity index (χ2n) is 6.59. The van der Waals surface area contributed by atoms with Gasteiger partial charge in [0.25, 0.3) is 0 Å². The summed E-state index contributed by atoms with van der Waals surface area (Å²) in [5.41, 5.74) is 1.82. The molecule has 1 aliphatic carbocycles. The minimum absolute atomic E-state index is 0.400. The first-order chi connectivity index (χ1) is 9.67. The summed E-state index contributed by atoms with van der Waals surface area (Å²) in [7, 11) is 0. The van der Waals surface area contributed by atoms with Crippen molar-refractivity contribution in [1.82, 2.24) is 10.2 Å². The van der Waals surface area contributed by atoms with Gasteiger partial charge in [0, 0.05) is 29.1 Å². The van der Waals surface area contributed by atoms with Crippen LogP contribution in [0.3, 0.4) is 0 Å². The molecule has 1 unspecified atom stereocenters. The lowest BCUT2D eigenvalue weighted by Gasteiger charge is -2.35. The van der Waals surface area contributed by atoms with Gasteiger partial charge >= 0.3 is 0 Å². The summed E-state index contributed by atoms with van der Waals surface area (Å²) in [5.74, 6) is 0. The number of halogens is 1. The van der Waals surface area contributed by atoms with Crippen LogP contribution in [0.2, 0.25) is 0 Å². The molecular weight excluding hydrogens is 312 g/mol. The first kappa shape index (κ1) is 14.6. The highest BCUT2D eigenvalue weighted by atomic mass is 79.9. The van der Waals surface area contributed by atoms with Gasteiger partial charge in [-0.05, 0) is 50.4 Å². The van der Waals surface area contributed by atoms with Gasteiger partial charge in [0.05, 0.1) is 0 Å². The van der Waals surface area contributed by atoms with Crippen molar-refractivity contribution in [3.63, 3.8) is 0 Å². The third-order valence-electron chi connectivity index (χ3n) is 5.03. The minimum Gasteiger partial charge on any atom is -0.310 e. The molecular formula is C17H25BrN2. The van der Waals surface area contributed by atoms with Crippen LogP contribution in [-0.4, -0.2) is 29.6 Å². The number of hydrogen-bond donors (Lipinski definition) is 1. The molecule has 2 aliphatic rings. The van der Waals surface area contributed by atoms with Gasteiger partial charge in [-0.3, -0.25) is 4.90 Å². The largest absolute Gasteiger partial charge is 0.310 e. The monoisotopic (exact) mass is 336 g/mol. The highest BCUT2D eigenvalue weighted by Crippen LogP contribution is 2.33. The Morgan fingerprint density at radius 2 is 2.15 bits per heavy atom. The Labute approximate surface area is 131 Å². The average molecular weight is 337 g/mol. The molecule has 0 radical (unpaired) electrons. The molecule has 1 atom stereocenters. The van der Waals surface area contributed by atoms with Crippen molar-refractivity contribution >= 4 is 15.9 Å². The third kappa shape index (κ3) is 3.26. The van der Waals surface area contributed by atoms with Crippen LogP contribution in [0.15, 0.2) is 28.7 Å². The molecule has 1 aromatic carbocycles. The molecule has 0 bridgehead atoms. The SMILES string of the molecule is CC1CCNC2(CCCC2)CN1Cc1cccc(Br)c1. The molecule has 1 N–H and O–H groups in total. The van der Waals surface area contributed by atoms with Gasteiger partial charge in [0.2, 0.25) is 0 Å². The summed E-state index contributed by atoms with van der Waals surface area (Å²) in [6.45, 7) is 5.84. The molecule has 1 aromatic rings. The van der Waals surface area contributed by atoms with Gasteiger partial charge < -0.3 is 5.32 Å². The normalized spacial score (nSPS) is 26.8. The molecule has 1 heterocycles. The Hall–Kier alpha value is -0.380. The Balaban J connectivity index is 1.75. The molecule has 1 saturated carbocycles. The lowest BCUT2D eigenvalue weighted by molar-refractivity contribution is 0.160. The predicted molar refractivity (Wildman–Crippen MR) is 87.8 cm³/mol. The van der Waals surface area contributed by atoms with Gasteiger partial charge in [0.15, 0.2) is 0 Å². The second-order valence-corrected chi connectivity index (χ2v) is 7.50. The Morgan fingerprint density at radius 3 is 2.90 bits per heavy atom. The third-order valence-corrected chi connectivity index (χ3v) is 5.52. The molecule has 0 amide bonds. The van der Waals surface area contributed by atoms with E-state index >= 15 is 0 Å². The van der Waals surface area contributed by atoms with E-state index in [1.165, 1.54) is 55.2 Å². The van der Waals surface area contributed by atoms with Crippen LogP contribution in [-0.2, 0) is 6.54 Å². The van der Waals surface area contributed by atoms with Gasteiger partial charge in [-0.15, -0.1) is 0 Å². The quantitative estimate of drug-likeness (QED) is 0.879. The molecule has 1 aliphatic heterocycles. The summed E-state index contributed by atoms with van der Waals surface area (Å²) >= 11 is 3.59. The van der Waals surface area contributed by atoms with E-state index in [1.54, 1.807) is 0 Å². The summed E-state index contributed by atoms with van der Waals surface area (Å²) in [6.07, 6.45) is 6.76. The van der Waals surface area contributed by atoms with E-state index in [1.807, 2.05) is 0 Å². The predicted octanol–water partition coefficient (Wildman–Crippen LogP) is 3.95. The number of nitrogens with one attached hydrogen (secondary N) is 1. The maximum atomic E-state index is 3.86. The zero-order valence-corrected chi connectivity index (χ0v) is 14.0. The zero-order valence-electron chi connectivity index (χ0n) is 12.4. The molecule has 20 heavy (non-hydrogen) atoms.